The molecule has 0 amide bonds. The van der Waals surface area contributed by atoms with Gasteiger partial charge in [0.1, 0.15) is 0 Å². The number of nitrogens with zero attached hydrogens (tertiary/aromatic N) is 2. The van der Waals surface area contributed by atoms with E-state index in [9.17, 15) is 0 Å². The summed E-state index contributed by atoms with van der Waals surface area (Å²) in [5.74, 6) is 0.542. The summed E-state index contributed by atoms with van der Waals surface area (Å²) in [6.07, 6.45) is 1.72. The van der Waals surface area contributed by atoms with Crippen molar-refractivity contribution in [2.45, 2.75) is 0 Å². The molecule has 0 saturated carbocycles. The zero-order chi connectivity index (χ0) is 9.97. The van der Waals surface area contributed by atoms with E-state index in [1.807, 2.05) is 0 Å². The molecular weight excluding hydrogens is 221 g/mol. The number of guanidine groups is 1. The molecule has 0 radical (unpaired) electrons. The van der Waals surface area contributed by atoms with Gasteiger partial charge in [-0.25, -0.2) is 9.98 Å². The van der Waals surface area contributed by atoms with Gasteiger partial charge in [-0.3, -0.25) is 0 Å². The van der Waals surface area contributed by atoms with E-state index in [1.165, 1.54) is 0 Å². The highest BCUT2D eigenvalue weighted by Crippen LogP contribution is 2.29. The van der Waals surface area contributed by atoms with E-state index in [2.05, 4.69) is 15.3 Å². The van der Waals surface area contributed by atoms with E-state index < -0.39 is 0 Å². The van der Waals surface area contributed by atoms with Crippen LogP contribution >= 0.6 is 23.2 Å². The monoisotopic (exact) mass is 227 g/mol. The van der Waals surface area contributed by atoms with Crippen molar-refractivity contribution in [2.24, 2.45) is 9.98 Å². The molecule has 0 atom stereocenters. The number of benzene rings is 1. The molecule has 1 aromatic rings. The Bertz CT molecular complexity index is 392. The normalized spacial score (nSPS) is 14.3. The van der Waals surface area contributed by atoms with Crippen molar-refractivity contribution in [3.05, 3.63) is 28.2 Å². The largest absolute Gasteiger partial charge is 0.322 e. The van der Waals surface area contributed by atoms with Gasteiger partial charge in [-0.05, 0) is 12.1 Å². The zero-order valence-electron chi connectivity index (χ0n) is 7.17. The first-order chi connectivity index (χ1) is 6.77. The summed E-state index contributed by atoms with van der Waals surface area (Å²) >= 11 is 11.9. The summed E-state index contributed by atoms with van der Waals surface area (Å²) in [5.41, 5.74) is 0.647. The van der Waals surface area contributed by atoms with Crippen LogP contribution in [-0.2, 0) is 0 Å². The molecule has 1 aromatic carbocycles. The van der Waals surface area contributed by atoms with Gasteiger partial charge < -0.3 is 5.32 Å². The number of aliphatic imine (C=N–C) groups is 2. The van der Waals surface area contributed by atoms with Gasteiger partial charge in [-0.15, -0.1) is 0 Å². The Labute approximate surface area is 91.5 Å². The number of hydrogen-bond acceptors (Lipinski definition) is 3. The average molecular weight is 228 g/mol. The average Bonchev–Trinajstić information content (AvgIpc) is 2.64. The lowest BCUT2D eigenvalue weighted by Crippen LogP contribution is -2.07. The molecule has 0 aromatic heterocycles. The highest BCUT2D eigenvalue weighted by molar-refractivity contribution is 6.39. The molecule has 0 spiro atoms. The van der Waals surface area contributed by atoms with Gasteiger partial charge in [-0.2, -0.15) is 0 Å². The molecule has 0 fully saturated rings. The van der Waals surface area contributed by atoms with Crippen molar-refractivity contribution in [1.29, 1.82) is 0 Å². The second kappa shape index (κ2) is 3.98. The van der Waals surface area contributed by atoms with Crippen LogP contribution in [0, 0.1) is 0 Å². The Morgan fingerprint density at radius 3 is 2.50 bits per heavy atom. The molecule has 72 valence electrons. The Kier molecular flexibility index (Phi) is 2.70. The van der Waals surface area contributed by atoms with Crippen LogP contribution in [0.3, 0.4) is 0 Å². The third-order valence-electron chi connectivity index (χ3n) is 1.74. The van der Waals surface area contributed by atoms with Crippen LogP contribution in [0.2, 0.25) is 10.0 Å². The molecule has 5 heteroatoms. The molecular formula is C9H7Cl2N3. The molecule has 0 aliphatic carbocycles. The molecule has 14 heavy (non-hydrogen) atoms. The number of anilines is 1. The van der Waals surface area contributed by atoms with Gasteiger partial charge in [-0.1, -0.05) is 29.3 Å². The molecule has 2 rings (SSSR count). The van der Waals surface area contributed by atoms with E-state index in [1.54, 1.807) is 24.4 Å². The quantitative estimate of drug-likeness (QED) is 0.788. The third kappa shape index (κ3) is 1.89. The van der Waals surface area contributed by atoms with Gasteiger partial charge in [0.2, 0.25) is 5.96 Å². The highest BCUT2D eigenvalue weighted by atomic mass is 35.5. The minimum absolute atomic E-state index is 0.542. The van der Waals surface area contributed by atoms with Crippen molar-refractivity contribution < 1.29 is 0 Å². The number of para-hydroxylation sites is 1. The first kappa shape index (κ1) is 9.49. The summed E-state index contributed by atoms with van der Waals surface area (Å²) in [5, 5.41) is 4.08. The summed E-state index contributed by atoms with van der Waals surface area (Å²) in [4.78, 5) is 8.09. The Hall–Kier alpha value is -1.06. The lowest BCUT2D eigenvalue weighted by atomic mass is 10.3. The number of hydrogen-bond donors (Lipinski definition) is 1. The molecule has 0 bridgehead atoms. The predicted molar refractivity (Wildman–Crippen MR) is 60.9 cm³/mol. The minimum atomic E-state index is 0.542. The van der Waals surface area contributed by atoms with Crippen LogP contribution in [0.4, 0.5) is 5.69 Å². The SMILES string of the molecule is Clc1cccc(Cl)c1NC1=NCC=N1. The summed E-state index contributed by atoms with van der Waals surface area (Å²) in [6, 6.07) is 5.31. The second-order valence-corrected chi connectivity index (χ2v) is 3.51. The Morgan fingerprint density at radius 2 is 1.93 bits per heavy atom. The molecule has 1 N–H and O–H groups in total. The molecule has 1 aliphatic rings. The van der Waals surface area contributed by atoms with Crippen molar-refractivity contribution in [2.75, 3.05) is 11.9 Å². The lowest BCUT2D eigenvalue weighted by molar-refractivity contribution is 1.35. The van der Waals surface area contributed by atoms with Gasteiger partial charge in [0, 0.05) is 6.21 Å². The molecule has 0 unspecified atom stereocenters. The lowest BCUT2D eigenvalue weighted by Gasteiger charge is -2.07. The molecule has 0 saturated heterocycles. The number of nitrogens with one attached hydrogen (secondary N) is 1. The van der Waals surface area contributed by atoms with E-state index >= 15 is 0 Å². The zero-order valence-corrected chi connectivity index (χ0v) is 8.68. The fourth-order valence-electron chi connectivity index (χ4n) is 1.10. The van der Waals surface area contributed by atoms with Crippen LogP contribution < -0.4 is 5.32 Å². The van der Waals surface area contributed by atoms with Gasteiger partial charge >= 0.3 is 0 Å². The van der Waals surface area contributed by atoms with Crippen molar-refractivity contribution in [1.82, 2.24) is 0 Å². The van der Waals surface area contributed by atoms with Crippen molar-refractivity contribution in [3.63, 3.8) is 0 Å². The summed E-state index contributed by atoms with van der Waals surface area (Å²) in [6.45, 7) is 0.602. The van der Waals surface area contributed by atoms with Crippen molar-refractivity contribution in [3.8, 4) is 0 Å². The van der Waals surface area contributed by atoms with E-state index in [0.29, 0.717) is 28.2 Å². The van der Waals surface area contributed by atoms with E-state index in [-0.39, 0.29) is 0 Å². The van der Waals surface area contributed by atoms with Crippen LogP contribution in [0.25, 0.3) is 0 Å². The fourth-order valence-corrected chi connectivity index (χ4v) is 1.59. The van der Waals surface area contributed by atoms with Crippen LogP contribution in [0.5, 0.6) is 0 Å². The number of halogens is 2. The molecule has 1 aliphatic heterocycles. The first-order valence-corrected chi connectivity index (χ1v) is 4.81. The van der Waals surface area contributed by atoms with Crippen molar-refractivity contribution >= 4 is 41.1 Å². The maximum absolute atomic E-state index is 5.95. The summed E-state index contributed by atoms with van der Waals surface area (Å²) in [7, 11) is 0. The van der Waals surface area contributed by atoms with Crippen LogP contribution in [0.15, 0.2) is 28.2 Å². The molecule has 1 heterocycles. The second-order valence-electron chi connectivity index (χ2n) is 2.70. The number of rotatable bonds is 1. The van der Waals surface area contributed by atoms with Crippen LogP contribution in [-0.4, -0.2) is 18.7 Å². The third-order valence-corrected chi connectivity index (χ3v) is 2.37. The Morgan fingerprint density at radius 1 is 1.21 bits per heavy atom. The maximum atomic E-state index is 5.95. The topological polar surface area (TPSA) is 36.8 Å². The predicted octanol–water partition coefficient (Wildman–Crippen LogP) is 2.85. The van der Waals surface area contributed by atoms with Gasteiger partial charge in [0.25, 0.3) is 0 Å². The maximum Gasteiger partial charge on any atom is 0.222 e. The van der Waals surface area contributed by atoms with Crippen LogP contribution in [0.1, 0.15) is 0 Å². The highest BCUT2D eigenvalue weighted by Gasteiger charge is 2.08. The summed E-state index contributed by atoms with van der Waals surface area (Å²) < 4.78 is 0. The Balaban J connectivity index is 2.28. The van der Waals surface area contributed by atoms with E-state index in [4.69, 9.17) is 23.2 Å². The molecule has 3 nitrogen and oxygen atoms in total. The standard InChI is InChI=1S/C9H7Cl2N3/c10-6-2-1-3-7(11)8(6)14-9-12-4-5-13-9/h1-4H,5H2,(H,13,14). The smallest absolute Gasteiger partial charge is 0.222 e. The van der Waals surface area contributed by atoms with Gasteiger partial charge in [0.05, 0.1) is 22.3 Å². The van der Waals surface area contributed by atoms with Gasteiger partial charge in [0.15, 0.2) is 0 Å². The minimum Gasteiger partial charge on any atom is -0.322 e. The first-order valence-electron chi connectivity index (χ1n) is 4.05. The fraction of sp³-hybridized carbons (Fsp3) is 0.111. The van der Waals surface area contributed by atoms with E-state index in [0.717, 1.165) is 0 Å².